The van der Waals surface area contributed by atoms with Gasteiger partial charge < -0.3 is 14.9 Å². The third-order valence-corrected chi connectivity index (χ3v) is 3.59. The fourth-order valence-corrected chi connectivity index (χ4v) is 2.54. The minimum absolute atomic E-state index is 0.000910. The van der Waals surface area contributed by atoms with Crippen molar-refractivity contribution in [2.75, 3.05) is 26.3 Å². The standard InChI is InChI=1S/C13H19NO4/c1-2-9(7-15)13(17)18-8-10-3-5-14-6-4-11(16)12(10)14/h2-3,11-12,15-16H,4-8H2,1H3/b9-2-/t11-,12-/m1/s1. The van der Waals surface area contributed by atoms with Gasteiger partial charge in [-0.05, 0) is 18.9 Å². The highest BCUT2D eigenvalue weighted by atomic mass is 16.5. The smallest absolute Gasteiger partial charge is 0.336 e. The van der Waals surface area contributed by atoms with E-state index in [1.165, 1.54) is 0 Å². The Kier molecular flexibility index (Phi) is 4.16. The highest BCUT2D eigenvalue weighted by molar-refractivity contribution is 5.88. The fraction of sp³-hybridized carbons (Fsp3) is 0.615. The van der Waals surface area contributed by atoms with Crippen molar-refractivity contribution in [3.63, 3.8) is 0 Å². The van der Waals surface area contributed by atoms with Crippen molar-refractivity contribution in [3.8, 4) is 0 Å². The van der Waals surface area contributed by atoms with E-state index in [1.807, 2.05) is 6.08 Å². The van der Waals surface area contributed by atoms with Gasteiger partial charge in [-0.15, -0.1) is 0 Å². The third kappa shape index (κ3) is 2.48. The van der Waals surface area contributed by atoms with Gasteiger partial charge in [0.15, 0.2) is 0 Å². The van der Waals surface area contributed by atoms with Gasteiger partial charge in [0.05, 0.1) is 24.3 Å². The van der Waals surface area contributed by atoms with Crippen LogP contribution in [0.15, 0.2) is 23.3 Å². The Morgan fingerprint density at radius 3 is 3.11 bits per heavy atom. The zero-order chi connectivity index (χ0) is 13.1. The van der Waals surface area contributed by atoms with E-state index in [2.05, 4.69) is 4.90 Å². The summed E-state index contributed by atoms with van der Waals surface area (Å²) in [7, 11) is 0. The van der Waals surface area contributed by atoms with E-state index < -0.39 is 5.97 Å². The predicted octanol–water partition coefficient (Wildman–Crippen LogP) is -0.157. The van der Waals surface area contributed by atoms with Crippen molar-refractivity contribution >= 4 is 5.97 Å². The van der Waals surface area contributed by atoms with Gasteiger partial charge in [-0.3, -0.25) is 4.90 Å². The zero-order valence-corrected chi connectivity index (χ0v) is 10.5. The maximum Gasteiger partial charge on any atom is 0.336 e. The van der Waals surface area contributed by atoms with Crippen LogP contribution < -0.4 is 0 Å². The van der Waals surface area contributed by atoms with Crippen LogP contribution in [0.2, 0.25) is 0 Å². The summed E-state index contributed by atoms with van der Waals surface area (Å²) in [6.07, 6.45) is 3.96. The zero-order valence-electron chi connectivity index (χ0n) is 10.5. The van der Waals surface area contributed by atoms with Crippen LogP contribution in [0.5, 0.6) is 0 Å². The van der Waals surface area contributed by atoms with Crippen molar-refractivity contribution in [3.05, 3.63) is 23.3 Å². The molecule has 2 heterocycles. The Labute approximate surface area is 106 Å². The monoisotopic (exact) mass is 253 g/mol. The fourth-order valence-electron chi connectivity index (χ4n) is 2.54. The minimum Gasteiger partial charge on any atom is -0.458 e. The molecule has 0 aromatic carbocycles. The number of carbonyl (C=O) groups is 1. The summed E-state index contributed by atoms with van der Waals surface area (Å²) in [5.41, 5.74) is 1.22. The lowest BCUT2D eigenvalue weighted by Gasteiger charge is -2.20. The predicted molar refractivity (Wildman–Crippen MR) is 65.9 cm³/mol. The number of hydrogen-bond donors (Lipinski definition) is 2. The minimum atomic E-state index is -0.494. The maximum atomic E-state index is 11.6. The molecule has 5 nitrogen and oxygen atoms in total. The van der Waals surface area contributed by atoms with Gasteiger partial charge in [0, 0.05) is 13.1 Å². The van der Waals surface area contributed by atoms with Gasteiger partial charge in [-0.25, -0.2) is 4.79 Å². The third-order valence-electron chi connectivity index (χ3n) is 3.59. The first-order valence-corrected chi connectivity index (χ1v) is 6.21. The molecule has 1 saturated heterocycles. The van der Waals surface area contributed by atoms with E-state index in [1.54, 1.807) is 13.0 Å². The number of nitrogens with zero attached hydrogens (tertiary/aromatic N) is 1. The molecule has 2 aliphatic rings. The second kappa shape index (κ2) is 5.65. The Morgan fingerprint density at radius 1 is 1.67 bits per heavy atom. The van der Waals surface area contributed by atoms with Gasteiger partial charge in [-0.2, -0.15) is 0 Å². The first-order valence-electron chi connectivity index (χ1n) is 6.21. The van der Waals surface area contributed by atoms with Crippen LogP contribution >= 0.6 is 0 Å². The Morgan fingerprint density at radius 2 is 2.44 bits per heavy atom. The molecule has 0 bridgehead atoms. The average Bonchev–Trinajstić information content (AvgIpc) is 2.92. The molecular weight excluding hydrogens is 234 g/mol. The number of ether oxygens (including phenoxy) is 1. The number of hydrogen-bond acceptors (Lipinski definition) is 5. The highest BCUT2D eigenvalue weighted by Crippen LogP contribution is 2.29. The average molecular weight is 253 g/mol. The quantitative estimate of drug-likeness (QED) is 0.414. The SMILES string of the molecule is C/C=C(/CO)C(=O)OCC1=CCN2CC[C@@H](O)[C@@H]12. The van der Waals surface area contributed by atoms with Crippen LogP contribution in [0, 0.1) is 0 Å². The van der Waals surface area contributed by atoms with Crippen molar-refractivity contribution in [2.24, 2.45) is 0 Å². The van der Waals surface area contributed by atoms with Crippen LogP contribution in [0.25, 0.3) is 0 Å². The van der Waals surface area contributed by atoms with E-state index in [0.29, 0.717) is 0 Å². The molecule has 2 N–H and O–H groups in total. The van der Waals surface area contributed by atoms with E-state index in [9.17, 15) is 9.90 Å². The Bertz CT molecular complexity index is 388. The molecule has 100 valence electrons. The summed E-state index contributed by atoms with van der Waals surface area (Å²) >= 11 is 0. The van der Waals surface area contributed by atoms with Crippen LogP contribution in [-0.2, 0) is 9.53 Å². The van der Waals surface area contributed by atoms with Gasteiger partial charge in [0.25, 0.3) is 0 Å². The van der Waals surface area contributed by atoms with Crippen LogP contribution in [0.3, 0.4) is 0 Å². The maximum absolute atomic E-state index is 11.6. The molecule has 5 heteroatoms. The summed E-state index contributed by atoms with van der Waals surface area (Å²) in [4.78, 5) is 13.8. The van der Waals surface area contributed by atoms with E-state index in [4.69, 9.17) is 9.84 Å². The summed E-state index contributed by atoms with van der Waals surface area (Å²) in [6.45, 7) is 3.26. The topological polar surface area (TPSA) is 70.0 Å². The van der Waals surface area contributed by atoms with Gasteiger partial charge in [-0.1, -0.05) is 12.2 Å². The largest absolute Gasteiger partial charge is 0.458 e. The molecule has 1 fully saturated rings. The molecular formula is C13H19NO4. The molecule has 18 heavy (non-hydrogen) atoms. The molecule has 2 atom stereocenters. The van der Waals surface area contributed by atoms with Crippen molar-refractivity contribution in [2.45, 2.75) is 25.5 Å². The number of aliphatic hydroxyl groups excluding tert-OH is 2. The first kappa shape index (κ1) is 13.3. The number of carbonyl (C=O) groups excluding carboxylic acids is 1. The second-order valence-electron chi connectivity index (χ2n) is 4.62. The van der Waals surface area contributed by atoms with Crippen molar-refractivity contribution in [1.29, 1.82) is 0 Å². The van der Waals surface area contributed by atoms with Gasteiger partial charge in [0.1, 0.15) is 6.61 Å². The lowest BCUT2D eigenvalue weighted by Crippen LogP contribution is -2.33. The number of rotatable bonds is 4. The van der Waals surface area contributed by atoms with E-state index in [0.717, 1.165) is 25.1 Å². The van der Waals surface area contributed by atoms with Crippen LogP contribution in [-0.4, -0.2) is 59.5 Å². The molecule has 0 radical (unpaired) electrons. The molecule has 2 aliphatic heterocycles. The van der Waals surface area contributed by atoms with E-state index in [-0.39, 0.29) is 30.9 Å². The van der Waals surface area contributed by atoms with Crippen molar-refractivity contribution in [1.82, 2.24) is 4.90 Å². The number of esters is 1. The summed E-state index contributed by atoms with van der Waals surface area (Å²) in [5.74, 6) is -0.494. The molecule has 0 saturated carbocycles. The number of aliphatic hydroxyl groups is 2. The number of allylic oxidation sites excluding steroid dienone is 1. The molecule has 0 aliphatic carbocycles. The van der Waals surface area contributed by atoms with Crippen LogP contribution in [0.1, 0.15) is 13.3 Å². The lowest BCUT2D eigenvalue weighted by molar-refractivity contribution is -0.138. The normalized spacial score (nSPS) is 28.2. The summed E-state index contributed by atoms with van der Waals surface area (Å²) in [6, 6.07) is 0.000910. The molecule has 0 amide bonds. The summed E-state index contributed by atoms with van der Waals surface area (Å²) < 4.78 is 5.15. The molecule has 0 aromatic heterocycles. The molecule has 0 aromatic rings. The first-order chi connectivity index (χ1) is 8.67. The van der Waals surface area contributed by atoms with E-state index >= 15 is 0 Å². The highest BCUT2D eigenvalue weighted by Gasteiger charge is 2.38. The van der Waals surface area contributed by atoms with Crippen LogP contribution in [0.4, 0.5) is 0 Å². The second-order valence-corrected chi connectivity index (χ2v) is 4.62. The van der Waals surface area contributed by atoms with Gasteiger partial charge in [0.2, 0.25) is 0 Å². The molecule has 2 rings (SSSR count). The lowest BCUT2D eigenvalue weighted by atomic mass is 10.1. The van der Waals surface area contributed by atoms with Gasteiger partial charge >= 0.3 is 5.97 Å². The Hall–Kier alpha value is -1.17. The summed E-state index contributed by atoms with van der Waals surface area (Å²) in [5, 5.41) is 18.8. The van der Waals surface area contributed by atoms with Crippen molar-refractivity contribution < 1.29 is 19.7 Å². The Balaban J connectivity index is 1.90. The molecule has 0 spiro atoms. The molecule has 0 unspecified atom stereocenters. The number of fused-ring (bicyclic) bond motifs is 1.